The smallest absolute Gasteiger partial charge is 0.354 e. The molecule has 0 radical (unpaired) electrons. The zero-order chi connectivity index (χ0) is 10.6. The molecule has 0 fully saturated rings. The number of aromatic nitrogens is 2. The van der Waals surface area contributed by atoms with Crippen LogP contribution in [0, 0.1) is 0 Å². The molecular formula is C9H12N2O3. The van der Waals surface area contributed by atoms with Crippen molar-refractivity contribution in [2.45, 2.75) is 20.0 Å². The summed E-state index contributed by atoms with van der Waals surface area (Å²) in [6.07, 6.45) is 1.14. The lowest BCUT2D eigenvalue weighted by Gasteiger charge is -2.09. The van der Waals surface area contributed by atoms with Crippen LogP contribution in [0.1, 0.15) is 36.3 Å². The number of carbonyl (C=O) groups is 1. The Balaban J connectivity index is 2.87. The standard InChI is InChI=1S/C9H12N2O3/c1-3-14-6(2)8-10-5-4-7(11-8)9(12)13/h4-6H,3H2,1-2H3,(H,12,13). The van der Waals surface area contributed by atoms with Crippen LogP contribution >= 0.6 is 0 Å². The van der Waals surface area contributed by atoms with E-state index in [4.69, 9.17) is 9.84 Å². The summed E-state index contributed by atoms with van der Waals surface area (Å²) in [4.78, 5) is 18.4. The summed E-state index contributed by atoms with van der Waals surface area (Å²) in [5, 5.41) is 8.69. The highest BCUT2D eigenvalue weighted by Crippen LogP contribution is 2.11. The van der Waals surface area contributed by atoms with E-state index in [2.05, 4.69) is 9.97 Å². The van der Waals surface area contributed by atoms with E-state index >= 15 is 0 Å². The van der Waals surface area contributed by atoms with Crippen molar-refractivity contribution in [2.75, 3.05) is 6.61 Å². The van der Waals surface area contributed by atoms with E-state index in [0.717, 1.165) is 0 Å². The van der Waals surface area contributed by atoms with Gasteiger partial charge in [-0.2, -0.15) is 0 Å². The maximum atomic E-state index is 10.6. The van der Waals surface area contributed by atoms with Crippen molar-refractivity contribution >= 4 is 5.97 Å². The third kappa shape index (κ3) is 2.50. The van der Waals surface area contributed by atoms with Crippen molar-refractivity contribution in [3.05, 3.63) is 23.8 Å². The van der Waals surface area contributed by atoms with Gasteiger partial charge in [-0.3, -0.25) is 0 Å². The van der Waals surface area contributed by atoms with Crippen LogP contribution in [0.25, 0.3) is 0 Å². The molecule has 1 unspecified atom stereocenters. The van der Waals surface area contributed by atoms with Crippen LogP contribution < -0.4 is 0 Å². The molecule has 76 valence electrons. The first-order valence-electron chi connectivity index (χ1n) is 4.33. The van der Waals surface area contributed by atoms with E-state index in [9.17, 15) is 4.79 Å². The third-order valence-corrected chi connectivity index (χ3v) is 1.67. The summed E-state index contributed by atoms with van der Waals surface area (Å²) in [7, 11) is 0. The van der Waals surface area contributed by atoms with Gasteiger partial charge in [-0.25, -0.2) is 14.8 Å². The molecule has 1 rings (SSSR count). The molecule has 14 heavy (non-hydrogen) atoms. The largest absolute Gasteiger partial charge is 0.477 e. The van der Waals surface area contributed by atoms with Crippen LogP contribution in [0.5, 0.6) is 0 Å². The average Bonchev–Trinajstić information content (AvgIpc) is 2.18. The minimum Gasteiger partial charge on any atom is -0.477 e. The zero-order valence-electron chi connectivity index (χ0n) is 8.10. The molecule has 1 aromatic heterocycles. The van der Waals surface area contributed by atoms with Crippen LogP contribution in [0.3, 0.4) is 0 Å². The Morgan fingerprint density at radius 2 is 2.43 bits per heavy atom. The van der Waals surface area contributed by atoms with Gasteiger partial charge in [0.15, 0.2) is 11.5 Å². The Morgan fingerprint density at radius 1 is 1.71 bits per heavy atom. The molecule has 1 aromatic rings. The van der Waals surface area contributed by atoms with E-state index in [0.29, 0.717) is 12.4 Å². The topological polar surface area (TPSA) is 72.3 Å². The van der Waals surface area contributed by atoms with Crippen LogP contribution in [0.15, 0.2) is 12.3 Å². The fourth-order valence-corrected chi connectivity index (χ4v) is 1.01. The number of hydrogen-bond donors (Lipinski definition) is 1. The van der Waals surface area contributed by atoms with Gasteiger partial charge in [0.2, 0.25) is 0 Å². The second-order valence-corrected chi connectivity index (χ2v) is 2.70. The minimum atomic E-state index is -1.06. The van der Waals surface area contributed by atoms with Gasteiger partial charge in [-0.05, 0) is 19.9 Å². The van der Waals surface area contributed by atoms with Crippen molar-refractivity contribution in [3.63, 3.8) is 0 Å². The van der Waals surface area contributed by atoms with Crippen molar-refractivity contribution < 1.29 is 14.6 Å². The fourth-order valence-electron chi connectivity index (χ4n) is 1.01. The van der Waals surface area contributed by atoms with Crippen LogP contribution in [-0.4, -0.2) is 27.7 Å². The monoisotopic (exact) mass is 196 g/mol. The molecule has 0 amide bonds. The number of aromatic carboxylic acids is 1. The Morgan fingerprint density at radius 3 is 3.00 bits per heavy atom. The number of nitrogens with zero attached hydrogens (tertiary/aromatic N) is 2. The van der Waals surface area contributed by atoms with Crippen molar-refractivity contribution in [3.8, 4) is 0 Å². The molecule has 0 aliphatic rings. The SMILES string of the molecule is CCOC(C)c1nccc(C(=O)O)n1. The molecule has 0 bridgehead atoms. The highest BCUT2D eigenvalue weighted by atomic mass is 16.5. The number of rotatable bonds is 4. The van der Waals surface area contributed by atoms with Gasteiger partial charge in [-0.15, -0.1) is 0 Å². The van der Waals surface area contributed by atoms with Gasteiger partial charge >= 0.3 is 5.97 Å². The Labute approximate surface area is 81.8 Å². The highest BCUT2D eigenvalue weighted by molar-refractivity contribution is 5.85. The Hall–Kier alpha value is -1.49. The number of hydrogen-bond acceptors (Lipinski definition) is 4. The van der Waals surface area contributed by atoms with Gasteiger partial charge in [0.05, 0.1) is 0 Å². The van der Waals surface area contributed by atoms with Gasteiger partial charge in [0, 0.05) is 12.8 Å². The first kappa shape index (κ1) is 10.6. The first-order valence-corrected chi connectivity index (χ1v) is 4.33. The lowest BCUT2D eigenvalue weighted by molar-refractivity contribution is 0.0661. The molecule has 5 nitrogen and oxygen atoms in total. The molecule has 1 atom stereocenters. The molecule has 0 aliphatic carbocycles. The maximum absolute atomic E-state index is 10.6. The summed E-state index contributed by atoms with van der Waals surface area (Å²) in [5.74, 6) is -0.663. The van der Waals surface area contributed by atoms with E-state index < -0.39 is 5.97 Å². The van der Waals surface area contributed by atoms with Gasteiger partial charge in [0.1, 0.15) is 6.10 Å². The van der Waals surface area contributed by atoms with E-state index in [1.807, 2.05) is 6.92 Å². The summed E-state index contributed by atoms with van der Waals surface area (Å²) in [6.45, 7) is 4.18. The summed E-state index contributed by atoms with van der Waals surface area (Å²) >= 11 is 0. The predicted octanol–water partition coefficient (Wildman–Crippen LogP) is 1.27. The first-order chi connectivity index (χ1) is 6.65. The second kappa shape index (κ2) is 4.66. The Bertz CT molecular complexity index is 328. The number of carboxylic acids is 1. The molecule has 0 aliphatic heterocycles. The van der Waals surface area contributed by atoms with E-state index in [1.54, 1.807) is 6.92 Å². The van der Waals surface area contributed by atoms with Crippen LogP contribution in [0.4, 0.5) is 0 Å². The number of ether oxygens (including phenoxy) is 1. The van der Waals surface area contributed by atoms with Gasteiger partial charge in [0.25, 0.3) is 0 Å². The third-order valence-electron chi connectivity index (χ3n) is 1.67. The van der Waals surface area contributed by atoms with Crippen molar-refractivity contribution in [2.24, 2.45) is 0 Å². The van der Waals surface area contributed by atoms with Crippen molar-refractivity contribution in [1.82, 2.24) is 9.97 Å². The molecular weight excluding hydrogens is 184 g/mol. The molecule has 0 spiro atoms. The molecule has 0 aromatic carbocycles. The van der Waals surface area contributed by atoms with Crippen LogP contribution in [-0.2, 0) is 4.74 Å². The van der Waals surface area contributed by atoms with Crippen LogP contribution in [0.2, 0.25) is 0 Å². The average molecular weight is 196 g/mol. The summed E-state index contributed by atoms with van der Waals surface area (Å²) in [5.41, 5.74) is -0.0125. The predicted molar refractivity (Wildman–Crippen MR) is 49.0 cm³/mol. The molecule has 5 heteroatoms. The zero-order valence-corrected chi connectivity index (χ0v) is 8.10. The highest BCUT2D eigenvalue weighted by Gasteiger charge is 2.11. The molecule has 0 saturated heterocycles. The molecule has 0 saturated carbocycles. The van der Waals surface area contributed by atoms with E-state index in [-0.39, 0.29) is 11.8 Å². The quantitative estimate of drug-likeness (QED) is 0.785. The number of carboxylic acid groups (broad SMARTS) is 1. The minimum absolute atomic E-state index is 0.0125. The normalized spacial score (nSPS) is 12.4. The fraction of sp³-hybridized carbons (Fsp3) is 0.444. The molecule has 1 N–H and O–H groups in total. The summed E-state index contributed by atoms with van der Waals surface area (Å²) < 4.78 is 5.24. The van der Waals surface area contributed by atoms with Crippen molar-refractivity contribution in [1.29, 1.82) is 0 Å². The molecule has 1 heterocycles. The van der Waals surface area contributed by atoms with E-state index in [1.165, 1.54) is 12.3 Å². The summed E-state index contributed by atoms with van der Waals surface area (Å²) in [6, 6.07) is 1.35. The Kier molecular flexibility index (Phi) is 3.53. The van der Waals surface area contributed by atoms with Gasteiger partial charge in [-0.1, -0.05) is 0 Å². The lowest BCUT2D eigenvalue weighted by Crippen LogP contribution is -2.09. The second-order valence-electron chi connectivity index (χ2n) is 2.70. The van der Waals surface area contributed by atoms with Gasteiger partial charge < -0.3 is 9.84 Å². The maximum Gasteiger partial charge on any atom is 0.354 e. The lowest BCUT2D eigenvalue weighted by atomic mass is 10.3.